The van der Waals surface area contributed by atoms with Crippen LogP contribution in [0, 0.1) is 5.41 Å². The molecule has 1 aromatic rings. The number of esters is 1. The standard InChI is InChI=1S/C19H25N3O3S2/c1-25-17(24)12-20-18(26)22-10-7-19(14-22)5-8-21(9-6-19)16(23)3-2-15-4-11-27-13-15/h2-4,11,13H,5-10,12,14H2,1H3,(H,20,26). The van der Waals surface area contributed by atoms with E-state index in [1.54, 1.807) is 17.4 Å². The van der Waals surface area contributed by atoms with Gasteiger partial charge in [0.15, 0.2) is 5.11 Å². The number of carbonyl (C=O) groups is 2. The highest BCUT2D eigenvalue weighted by Crippen LogP contribution is 2.40. The number of thiophene rings is 1. The number of carbonyl (C=O) groups excluding carboxylic acids is 2. The Morgan fingerprint density at radius 3 is 2.63 bits per heavy atom. The maximum Gasteiger partial charge on any atom is 0.325 e. The third kappa shape index (κ3) is 5.07. The van der Waals surface area contributed by atoms with Gasteiger partial charge in [-0.05, 0) is 65.4 Å². The van der Waals surface area contributed by atoms with E-state index in [0.717, 1.165) is 51.0 Å². The number of nitrogens with zero attached hydrogens (tertiary/aromatic N) is 2. The Bertz CT molecular complexity index is 710. The fourth-order valence-corrected chi connectivity index (χ4v) is 4.55. The Balaban J connectivity index is 1.46. The molecule has 1 amide bonds. The molecule has 0 aromatic carbocycles. The summed E-state index contributed by atoms with van der Waals surface area (Å²) in [6.45, 7) is 3.43. The van der Waals surface area contributed by atoms with Crippen molar-refractivity contribution in [3.05, 3.63) is 28.5 Å². The number of piperidine rings is 1. The Hall–Kier alpha value is -1.93. The molecule has 2 saturated heterocycles. The summed E-state index contributed by atoms with van der Waals surface area (Å²) >= 11 is 7.03. The summed E-state index contributed by atoms with van der Waals surface area (Å²) in [7, 11) is 1.36. The van der Waals surface area contributed by atoms with Crippen molar-refractivity contribution in [3.8, 4) is 0 Å². The fourth-order valence-electron chi connectivity index (χ4n) is 3.69. The number of thiocarbonyl (C=S) groups is 1. The predicted octanol–water partition coefficient (Wildman–Crippen LogP) is 2.12. The summed E-state index contributed by atoms with van der Waals surface area (Å²) in [4.78, 5) is 27.7. The summed E-state index contributed by atoms with van der Waals surface area (Å²) in [6, 6.07) is 2.00. The van der Waals surface area contributed by atoms with Gasteiger partial charge in [0.1, 0.15) is 6.54 Å². The number of rotatable bonds is 4. The van der Waals surface area contributed by atoms with Crippen molar-refractivity contribution in [3.63, 3.8) is 0 Å². The van der Waals surface area contributed by atoms with Crippen LogP contribution in [0.4, 0.5) is 0 Å². The minimum Gasteiger partial charge on any atom is -0.468 e. The molecule has 2 fully saturated rings. The summed E-state index contributed by atoms with van der Waals surface area (Å²) in [6.07, 6.45) is 6.60. The van der Waals surface area contributed by atoms with E-state index >= 15 is 0 Å². The van der Waals surface area contributed by atoms with Crippen molar-refractivity contribution in [1.82, 2.24) is 15.1 Å². The molecule has 0 aliphatic carbocycles. The number of likely N-dealkylation sites (tertiary alicyclic amines) is 2. The summed E-state index contributed by atoms with van der Waals surface area (Å²) in [5.74, 6) is -0.241. The van der Waals surface area contributed by atoms with E-state index in [4.69, 9.17) is 12.2 Å². The molecule has 0 atom stereocenters. The van der Waals surface area contributed by atoms with Crippen LogP contribution in [-0.2, 0) is 14.3 Å². The van der Waals surface area contributed by atoms with Crippen LogP contribution in [-0.4, -0.2) is 66.6 Å². The summed E-state index contributed by atoms with van der Waals surface area (Å²) in [5.41, 5.74) is 1.28. The van der Waals surface area contributed by atoms with Crippen LogP contribution in [0.15, 0.2) is 22.9 Å². The first-order valence-corrected chi connectivity index (χ1v) is 10.5. The normalized spacial score (nSPS) is 18.9. The molecular formula is C19H25N3O3S2. The zero-order valence-electron chi connectivity index (χ0n) is 15.5. The molecule has 1 spiro atoms. The van der Waals surface area contributed by atoms with Crippen molar-refractivity contribution < 1.29 is 14.3 Å². The van der Waals surface area contributed by atoms with Crippen LogP contribution in [0.5, 0.6) is 0 Å². The van der Waals surface area contributed by atoms with Gasteiger partial charge in [0, 0.05) is 32.3 Å². The van der Waals surface area contributed by atoms with E-state index in [0.29, 0.717) is 5.11 Å². The van der Waals surface area contributed by atoms with Gasteiger partial charge in [0.25, 0.3) is 0 Å². The Labute approximate surface area is 169 Å². The first-order chi connectivity index (χ1) is 13.0. The Morgan fingerprint density at radius 1 is 1.30 bits per heavy atom. The van der Waals surface area contributed by atoms with Crippen LogP contribution in [0.3, 0.4) is 0 Å². The minimum atomic E-state index is -0.325. The second-order valence-corrected chi connectivity index (χ2v) is 8.29. The molecule has 0 unspecified atom stereocenters. The predicted molar refractivity (Wildman–Crippen MR) is 110 cm³/mol. The molecular weight excluding hydrogens is 382 g/mol. The van der Waals surface area contributed by atoms with Crippen LogP contribution in [0.25, 0.3) is 6.08 Å². The van der Waals surface area contributed by atoms with E-state index in [1.165, 1.54) is 7.11 Å². The van der Waals surface area contributed by atoms with E-state index in [9.17, 15) is 9.59 Å². The zero-order valence-corrected chi connectivity index (χ0v) is 17.1. The molecule has 27 heavy (non-hydrogen) atoms. The number of hydrogen-bond donors (Lipinski definition) is 1. The van der Waals surface area contributed by atoms with E-state index < -0.39 is 0 Å². The molecule has 1 aromatic heterocycles. The monoisotopic (exact) mass is 407 g/mol. The molecule has 0 saturated carbocycles. The molecule has 2 aliphatic heterocycles. The first kappa shape index (κ1) is 19.8. The maximum atomic E-state index is 12.4. The van der Waals surface area contributed by atoms with Crippen LogP contribution >= 0.6 is 23.6 Å². The highest BCUT2D eigenvalue weighted by molar-refractivity contribution is 7.80. The van der Waals surface area contributed by atoms with Crippen molar-refractivity contribution in [2.24, 2.45) is 5.41 Å². The SMILES string of the molecule is COC(=O)CNC(=S)N1CCC2(CCN(C(=O)C=Cc3ccsc3)CC2)C1. The maximum absolute atomic E-state index is 12.4. The number of methoxy groups -OCH3 is 1. The molecule has 3 heterocycles. The molecule has 0 bridgehead atoms. The van der Waals surface area contributed by atoms with Gasteiger partial charge in [-0.25, -0.2) is 0 Å². The van der Waals surface area contributed by atoms with Crippen molar-refractivity contribution >= 4 is 46.6 Å². The lowest BCUT2D eigenvalue weighted by atomic mass is 9.78. The van der Waals surface area contributed by atoms with Crippen molar-refractivity contribution in [1.29, 1.82) is 0 Å². The number of ether oxygens (including phenoxy) is 1. The second-order valence-electron chi connectivity index (χ2n) is 7.12. The van der Waals surface area contributed by atoms with Gasteiger partial charge >= 0.3 is 5.97 Å². The topological polar surface area (TPSA) is 61.9 Å². The van der Waals surface area contributed by atoms with Gasteiger partial charge < -0.3 is 19.9 Å². The quantitative estimate of drug-likeness (QED) is 0.469. The highest BCUT2D eigenvalue weighted by atomic mass is 32.1. The second kappa shape index (κ2) is 8.84. The van der Waals surface area contributed by atoms with Gasteiger partial charge in [0.05, 0.1) is 7.11 Å². The van der Waals surface area contributed by atoms with Gasteiger partial charge in [-0.3, -0.25) is 9.59 Å². The summed E-state index contributed by atoms with van der Waals surface area (Å²) in [5, 5.41) is 7.60. The molecule has 146 valence electrons. The molecule has 6 nitrogen and oxygen atoms in total. The number of hydrogen-bond acceptors (Lipinski definition) is 5. The number of nitrogens with one attached hydrogen (secondary N) is 1. The van der Waals surface area contributed by atoms with Gasteiger partial charge in [-0.15, -0.1) is 0 Å². The molecule has 0 radical (unpaired) electrons. The Kier molecular flexibility index (Phi) is 6.49. The van der Waals surface area contributed by atoms with Gasteiger partial charge in [0.2, 0.25) is 5.91 Å². The van der Waals surface area contributed by atoms with Crippen LogP contribution < -0.4 is 5.32 Å². The highest BCUT2D eigenvalue weighted by Gasteiger charge is 2.41. The van der Waals surface area contributed by atoms with E-state index in [-0.39, 0.29) is 23.8 Å². The lowest BCUT2D eigenvalue weighted by molar-refractivity contribution is -0.139. The summed E-state index contributed by atoms with van der Waals surface area (Å²) < 4.78 is 4.63. The fraction of sp³-hybridized carbons (Fsp3) is 0.526. The van der Waals surface area contributed by atoms with Crippen molar-refractivity contribution in [2.75, 3.05) is 39.8 Å². The smallest absolute Gasteiger partial charge is 0.325 e. The third-order valence-electron chi connectivity index (χ3n) is 5.43. The average Bonchev–Trinajstić information content (AvgIpc) is 3.35. The number of amides is 1. The Morgan fingerprint density at radius 2 is 2.00 bits per heavy atom. The molecule has 3 rings (SSSR count). The average molecular weight is 408 g/mol. The lowest BCUT2D eigenvalue weighted by Gasteiger charge is -2.39. The zero-order chi connectivity index (χ0) is 19.3. The van der Waals surface area contributed by atoms with Crippen molar-refractivity contribution in [2.45, 2.75) is 19.3 Å². The lowest BCUT2D eigenvalue weighted by Crippen LogP contribution is -2.46. The van der Waals surface area contributed by atoms with E-state index in [1.807, 2.05) is 27.8 Å². The minimum absolute atomic E-state index is 0.0844. The van der Waals surface area contributed by atoms with Crippen LogP contribution in [0.1, 0.15) is 24.8 Å². The van der Waals surface area contributed by atoms with Crippen LogP contribution in [0.2, 0.25) is 0 Å². The van der Waals surface area contributed by atoms with E-state index in [2.05, 4.69) is 15.0 Å². The largest absolute Gasteiger partial charge is 0.468 e. The third-order valence-corrected chi connectivity index (χ3v) is 6.54. The molecule has 8 heteroatoms. The first-order valence-electron chi connectivity index (χ1n) is 9.10. The van der Waals surface area contributed by atoms with Gasteiger partial charge in [-0.2, -0.15) is 11.3 Å². The molecule has 2 aliphatic rings. The van der Waals surface area contributed by atoms with Gasteiger partial charge in [-0.1, -0.05) is 0 Å². The molecule has 1 N–H and O–H groups in total.